The second-order valence-corrected chi connectivity index (χ2v) is 6.19. The minimum absolute atomic E-state index is 0.0309. The molecule has 1 heterocycles. The van der Waals surface area contributed by atoms with Gasteiger partial charge in [-0.1, -0.05) is 48.9 Å². The van der Waals surface area contributed by atoms with E-state index in [-0.39, 0.29) is 22.5 Å². The average molecular weight is 381 g/mol. The summed E-state index contributed by atoms with van der Waals surface area (Å²) in [5, 5.41) is 0.556. The number of nitrogens with zero attached hydrogens (tertiary/aromatic N) is 3. The summed E-state index contributed by atoms with van der Waals surface area (Å²) in [4.78, 5) is 11.6. The topological polar surface area (TPSA) is 47.9 Å². The Hall–Kier alpha value is -1.88. The van der Waals surface area contributed by atoms with Crippen LogP contribution in [-0.4, -0.2) is 15.0 Å². The van der Waals surface area contributed by atoms with Crippen molar-refractivity contribution in [3.8, 4) is 11.8 Å². The normalized spacial score (nSPS) is 12.0. The number of aromatic nitrogens is 3. The molecule has 0 aliphatic heterocycles. The minimum atomic E-state index is -0.0309. The molecule has 0 N–H and O–H groups in total. The molecule has 1 unspecified atom stereocenters. The van der Waals surface area contributed by atoms with Gasteiger partial charge in [-0.3, -0.25) is 0 Å². The molecule has 0 aliphatic carbocycles. The SMILES string of the molecule is CC(c1ccccc1)c1cc(Cl)ccc1Oc1nc(Cl)nc(Cl)n1. The molecule has 1 atom stereocenters. The molecule has 0 spiro atoms. The van der Waals surface area contributed by atoms with Crippen molar-refractivity contribution in [2.75, 3.05) is 0 Å². The van der Waals surface area contributed by atoms with E-state index in [0.717, 1.165) is 11.1 Å². The fraction of sp³-hybridized carbons (Fsp3) is 0.118. The molecule has 0 saturated heterocycles. The van der Waals surface area contributed by atoms with Gasteiger partial charge in [0.1, 0.15) is 5.75 Å². The molecule has 0 aliphatic rings. The molecule has 4 nitrogen and oxygen atoms in total. The summed E-state index contributed by atoms with van der Waals surface area (Å²) in [5.74, 6) is 0.641. The Morgan fingerprint density at radius 2 is 1.54 bits per heavy atom. The highest BCUT2D eigenvalue weighted by Gasteiger charge is 2.16. The van der Waals surface area contributed by atoms with Gasteiger partial charge in [-0.05, 0) is 47.0 Å². The van der Waals surface area contributed by atoms with Gasteiger partial charge in [-0.15, -0.1) is 0 Å². The third kappa shape index (κ3) is 3.96. The van der Waals surface area contributed by atoms with Gasteiger partial charge in [-0.2, -0.15) is 15.0 Å². The Labute approximate surface area is 154 Å². The highest BCUT2D eigenvalue weighted by Crippen LogP contribution is 2.35. The molecule has 24 heavy (non-hydrogen) atoms. The average Bonchev–Trinajstić information content (AvgIpc) is 2.56. The van der Waals surface area contributed by atoms with Crippen molar-refractivity contribution in [2.45, 2.75) is 12.8 Å². The van der Waals surface area contributed by atoms with Gasteiger partial charge in [0.25, 0.3) is 0 Å². The maximum atomic E-state index is 6.16. The van der Waals surface area contributed by atoms with Gasteiger partial charge >= 0.3 is 6.01 Å². The van der Waals surface area contributed by atoms with Crippen LogP contribution < -0.4 is 4.74 Å². The lowest BCUT2D eigenvalue weighted by molar-refractivity contribution is 0.433. The molecule has 7 heteroatoms. The lowest BCUT2D eigenvalue weighted by atomic mass is 9.92. The number of hydrogen-bond acceptors (Lipinski definition) is 4. The summed E-state index contributed by atoms with van der Waals surface area (Å²) in [6.07, 6.45) is 0. The maximum Gasteiger partial charge on any atom is 0.327 e. The van der Waals surface area contributed by atoms with Crippen LogP contribution in [0.4, 0.5) is 0 Å². The van der Waals surface area contributed by atoms with Gasteiger partial charge in [0.15, 0.2) is 0 Å². The Kier molecular flexibility index (Phi) is 5.19. The van der Waals surface area contributed by atoms with Crippen LogP contribution in [0.1, 0.15) is 24.0 Å². The number of rotatable bonds is 4. The summed E-state index contributed by atoms with van der Waals surface area (Å²) >= 11 is 17.7. The predicted molar refractivity (Wildman–Crippen MR) is 95.3 cm³/mol. The molecule has 0 fully saturated rings. The number of halogens is 3. The fourth-order valence-corrected chi connectivity index (χ4v) is 2.85. The van der Waals surface area contributed by atoms with E-state index in [9.17, 15) is 0 Å². The monoisotopic (exact) mass is 379 g/mol. The van der Waals surface area contributed by atoms with Crippen molar-refractivity contribution in [3.05, 3.63) is 75.2 Å². The van der Waals surface area contributed by atoms with E-state index in [2.05, 4.69) is 21.9 Å². The molecular weight excluding hydrogens is 369 g/mol. The van der Waals surface area contributed by atoms with Crippen molar-refractivity contribution >= 4 is 34.8 Å². The van der Waals surface area contributed by atoms with Crippen LogP contribution in [0, 0.1) is 0 Å². The lowest BCUT2D eigenvalue weighted by Gasteiger charge is -2.17. The molecular formula is C17H12Cl3N3O. The predicted octanol–water partition coefficient (Wildman–Crippen LogP) is 5.78. The largest absolute Gasteiger partial charge is 0.424 e. The first-order chi connectivity index (χ1) is 11.5. The number of ether oxygens (including phenoxy) is 1. The summed E-state index contributed by atoms with van der Waals surface area (Å²) in [5.41, 5.74) is 2.04. The quantitative estimate of drug-likeness (QED) is 0.576. The zero-order chi connectivity index (χ0) is 17.1. The van der Waals surface area contributed by atoms with E-state index in [1.807, 2.05) is 36.4 Å². The summed E-state index contributed by atoms with van der Waals surface area (Å²) < 4.78 is 5.78. The van der Waals surface area contributed by atoms with Gasteiger partial charge in [-0.25, -0.2) is 0 Å². The van der Waals surface area contributed by atoms with Gasteiger partial charge < -0.3 is 4.74 Å². The van der Waals surface area contributed by atoms with Crippen LogP contribution in [0.25, 0.3) is 0 Å². The minimum Gasteiger partial charge on any atom is -0.424 e. The van der Waals surface area contributed by atoms with E-state index in [1.54, 1.807) is 12.1 Å². The van der Waals surface area contributed by atoms with E-state index in [0.29, 0.717) is 10.8 Å². The van der Waals surface area contributed by atoms with Crippen molar-refractivity contribution in [3.63, 3.8) is 0 Å². The lowest BCUT2D eigenvalue weighted by Crippen LogP contribution is -2.01. The molecule has 3 rings (SSSR count). The van der Waals surface area contributed by atoms with Gasteiger partial charge in [0.2, 0.25) is 10.6 Å². The third-order valence-corrected chi connectivity index (χ3v) is 4.07. The standard InChI is InChI=1S/C17H12Cl3N3O/c1-10(11-5-3-2-4-6-11)13-9-12(18)7-8-14(13)24-17-22-15(19)21-16(20)23-17/h2-10H,1H3. The molecule has 1 aromatic heterocycles. The van der Waals surface area contributed by atoms with Crippen molar-refractivity contribution < 1.29 is 4.74 Å². The molecule has 0 bridgehead atoms. The summed E-state index contributed by atoms with van der Waals surface area (Å²) in [6.45, 7) is 2.07. The van der Waals surface area contributed by atoms with Gasteiger partial charge in [0.05, 0.1) is 0 Å². The van der Waals surface area contributed by atoms with Gasteiger partial charge in [0, 0.05) is 16.5 Å². The Balaban J connectivity index is 1.99. The first-order valence-corrected chi connectivity index (χ1v) is 8.25. The van der Waals surface area contributed by atoms with Crippen LogP contribution in [0.2, 0.25) is 15.6 Å². The third-order valence-electron chi connectivity index (χ3n) is 3.50. The van der Waals surface area contributed by atoms with Crippen molar-refractivity contribution in [2.24, 2.45) is 0 Å². The highest BCUT2D eigenvalue weighted by molar-refractivity contribution is 6.31. The van der Waals surface area contributed by atoms with Crippen LogP contribution in [0.15, 0.2) is 48.5 Å². The maximum absolute atomic E-state index is 6.16. The first-order valence-electron chi connectivity index (χ1n) is 7.12. The van der Waals surface area contributed by atoms with E-state index in [1.165, 1.54) is 0 Å². The fourth-order valence-electron chi connectivity index (χ4n) is 2.32. The Morgan fingerprint density at radius 1 is 0.875 bits per heavy atom. The molecule has 3 aromatic rings. The van der Waals surface area contributed by atoms with Crippen molar-refractivity contribution in [1.82, 2.24) is 15.0 Å². The molecule has 0 radical (unpaired) electrons. The molecule has 122 valence electrons. The second kappa shape index (κ2) is 7.34. The van der Waals surface area contributed by atoms with E-state index in [4.69, 9.17) is 39.5 Å². The Bertz CT molecular complexity index is 839. The van der Waals surface area contributed by atoms with Crippen LogP contribution in [-0.2, 0) is 0 Å². The Morgan fingerprint density at radius 3 is 2.21 bits per heavy atom. The molecule has 0 saturated carbocycles. The zero-order valence-corrected chi connectivity index (χ0v) is 14.8. The van der Waals surface area contributed by atoms with Crippen LogP contribution in [0.5, 0.6) is 11.8 Å². The number of benzene rings is 2. The zero-order valence-electron chi connectivity index (χ0n) is 12.6. The van der Waals surface area contributed by atoms with Crippen LogP contribution in [0.3, 0.4) is 0 Å². The van der Waals surface area contributed by atoms with Crippen LogP contribution >= 0.6 is 34.8 Å². The number of hydrogen-bond donors (Lipinski definition) is 0. The second-order valence-electron chi connectivity index (χ2n) is 5.07. The highest BCUT2D eigenvalue weighted by atomic mass is 35.5. The smallest absolute Gasteiger partial charge is 0.327 e. The summed E-state index contributed by atoms with van der Waals surface area (Å²) in [7, 11) is 0. The molecule has 0 amide bonds. The first kappa shape index (κ1) is 17.0. The summed E-state index contributed by atoms with van der Waals surface area (Å²) in [6, 6.07) is 15.4. The van der Waals surface area contributed by atoms with E-state index < -0.39 is 0 Å². The van der Waals surface area contributed by atoms with E-state index >= 15 is 0 Å². The van der Waals surface area contributed by atoms with Crippen molar-refractivity contribution in [1.29, 1.82) is 0 Å². The molecule has 2 aromatic carbocycles.